The Morgan fingerprint density at radius 3 is 2.57 bits per heavy atom. The van der Waals surface area contributed by atoms with Gasteiger partial charge < -0.3 is 0 Å². The van der Waals surface area contributed by atoms with Crippen molar-refractivity contribution in [2.75, 3.05) is 0 Å². The van der Waals surface area contributed by atoms with E-state index in [9.17, 15) is 8.78 Å². The highest BCUT2D eigenvalue weighted by Gasteiger charge is 2.20. The third kappa shape index (κ3) is 4.62. The third-order valence-electron chi connectivity index (χ3n) is 6.00. The van der Waals surface area contributed by atoms with Crippen LogP contribution in [0.3, 0.4) is 0 Å². The number of unbranched alkanes of at least 4 members (excludes halogenated alkanes) is 1. The van der Waals surface area contributed by atoms with E-state index in [0.29, 0.717) is 5.92 Å². The van der Waals surface area contributed by atoms with E-state index in [0.717, 1.165) is 37.3 Å². The van der Waals surface area contributed by atoms with Crippen LogP contribution in [0.5, 0.6) is 0 Å². The van der Waals surface area contributed by atoms with Crippen LogP contribution in [0.15, 0.2) is 60.7 Å². The number of aryl methyl sites for hydroxylation is 2. The van der Waals surface area contributed by atoms with Gasteiger partial charge in [0.2, 0.25) is 0 Å². The molecular formula is C28H26F2. The zero-order chi connectivity index (χ0) is 20.9. The Labute approximate surface area is 178 Å². The van der Waals surface area contributed by atoms with E-state index < -0.39 is 11.6 Å². The van der Waals surface area contributed by atoms with Crippen molar-refractivity contribution in [1.29, 1.82) is 0 Å². The molecule has 0 nitrogen and oxygen atoms in total. The molecule has 30 heavy (non-hydrogen) atoms. The van der Waals surface area contributed by atoms with Gasteiger partial charge in [0.15, 0.2) is 11.6 Å². The minimum atomic E-state index is -0.883. The van der Waals surface area contributed by atoms with Gasteiger partial charge in [-0.1, -0.05) is 61.6 Å². The van der Waals surface area contributed by atoms with Crippen LogP contribution in [0.25, 0.3) is 0 Å². The number of hydrogen-bond donors (Lipinski definition) is 0. The summed E-state index contributed by atoms with van der Waals surface area (Å²) in [4.78, 5) is 0. The molecule has 0 saturated heterocycles. The third-order valence-corrected chi connectivity index (χ3v) is 6.00. The van der Waals surface area contributed by atoms with Crippen LogP contribution in [0, 0.1) is 23.5 Å². The SMILES string of the molecule is CCCCc1ccc(C2CCc3cc(C#Cc4cccc(F)c4F)ccc3C2)cc1. The monoisotopic (exact) mass is 400 g/mol. The Bertz CT molecular complexity index is 1080. The van der Waals surface area contributed by atoms with E-state index in [2.05, 4.69) is 55.2 Å². The standard InChI is InChI=1S/C28H26F2/c1-2-3-5-20-8-12-22(13-9-20)25-17-16-24-18-21(11-15-26(24)19-25)10-14-23-6-4-7-27(29)28(23)30/h4,6-9,11-13,15,18,25H,2-3,5,16-17,19H2,1H3. The second kappa shape index (κ2) is 9.26. The molecule has 1 aliphatic carbocycles. The van der Waals surface area contributed by atoms with E-state index in [4.69, 9.17) is 0 Å². The summed E-state index contributed by atoms with van der Waals surface area (Å²) in [6.45, 7) is 2.23. The van der Waals surface area contributed by atoms with Crippen molar-refractivity contribution in [3.05, 3.63) is 106 Å². The van der Waals surface area contributed by atoms with E-state index in [-0.39, 0.29) is 5.56 Å². The van der Waals surface area contributed by atoms with E-state index in [1.807, 2.05) is 6.07 Å². The van der Waals surface area contributed by atoms with Gasteiger partial charge in [0.05, 0.1) is 5.56 Å². The second-order valence-electron chi connectivity index (χ2n) is 8.12. The molecule has 3 aromatic carbocycles. The Morgan fingerprint density at radius 1 is 0.933 bits per heavy atom. The van der Waals surface area contributed by atoms with Crippen molar-refractivity contribution in [2.45, 2.75) is 51.4 Å². The van der Waals surface area contributed by atoms with Crippen LogP contribution in [-0.2, 0) is 19.3 Å². The molecule has 0 radical (unpaired) electrons. The van der Waals surface area contributed by atoms with Crippen LogP contribution in [0.4, 0.5) is 8.78 Å². The van der Waals surface area contributed by atoms with Crippen molar-refractivity contribution in [1.82, 2.24) is 0 Å². The average molecular weight is 401 g/mol. The Hall–Kier alpha value is -2.92. The molecule has 152 valence electrons. The summed E-state index contributed by atoms with van der Waals surface area (Å²) in [5, 5.41) is 0. The Kier molecular flexibility index (Phi) is 6.29. The van der Waals surface area contributed by atoms with Crippen molar-refractivity contribution in [2.24, 2.45) is 0 Å². The Balaban J connectivity index is 1.47. The molecule has 0 N–H and O–H groups in total. The predicted octanol–water partition coefficient (Wildman–Crippen LogP) is 6.98. The molecule has 1 aliphatic rings. The van der Waals surface area contributed by atoms with Gasteiger partial charge >= 0.3 is 0 Å². The minimum Gasteiger partial charge on any atom is -0.204 e. The quantitative estimate of drug-likeness (QED) is 0.415. The van der Waals surface area contributed by atoms with Gasteiger partial charge in [0.25, 0.3) is 0 Å². The summed E-state index contributed by atoms with van der Waals surface area (Å²) < 4.78 is 27.1. The summed E-state index contributed by atoms with van der Waals surface area (Å²) in [6, 6.07) is 19.5. The summed E-state index contributed by atoms with van der Waals surface area (Å²) in [5.74, 6) is 4.56. The van der Waals surface area contributed by atoms with E-state index in [1.165, 1.54) is 47.2 Å². The first-order chi connectivity index (χ1) is 14.6. The van der Waals surface area contributed by atoms with Crippen LogP contribution < -0.4 is 0 Å². The summed E-state index contributed by atoms with van der Waals surface area (Å²) in [7, 11) is 0. The van der Waals surface area contributed by atoms with Gasteiger partial charge in [0, 0.05) is 5.56 Å². The molecule has 3 aromatic rings. The molecule has 0 spiro atoms. The van der Waals surface area contributed by atoms with Crippen LogP contribution in [0.1, 0.15) is 65.5 Å². The van der Waals surface area contributed by atoms with Gasteiger partial charge in [-0.25, -0.2) is 8.78 Å². The first kappa shape index (κ1) is 20.4. The lowest BCUT2D eigenvalue weighted by molar-refractivity contribution is 0.506. The molecule has 1 unspecified atom stereocenters. The maximum absolute atomic E-state index is 13.8. The second-order valence-corrected chi connectivity index (χ2v) is 8.12. The lowest BCUT2D eigenvalue weighted by atomic mass is 9.79. The first-order valence-corrected chi connectivity index (χ1v) is 10.8. The fraction of sp³-hybridized carbons (Fsp3) is 0.286. The largest absolute Gasteiger partial charge is 0.204 e. The Morgan fingerprint density at radius 2 is 1.77 bits per heavy atom. The van der Waals surface area contributed by atoms with Crippen molar-refractivity contribution in [3.63, 3.8) is 0 Å². The van der Waals surface area contributed by atoms with Crippen molar-refractivity contribution >= 4 is 0 Å². The number of halogens is 2. The van der Waals surface area contributed by atoms with Crippen LogP contribution in [-0.4, -0.2) is 0 Å². The first-order valence-electron chi connectivity index (χ1n) is 10.8. The molecule has 0 saturated carbocycles. The molecule has 1 atom stereocenters. The molecule has 2 heteroatoms. The van der Waals surface area contributed by atoms with E-state index in [1.54, 1.807) is 0 Å². The summed E-state index contributed by atoms with van der Waals surface area (Å²) >= 11 is 0. The number of hydrogen-bond acceptors (Lipinski definition) is 0. The van der Waals surface area contributed by atoms with Gasteiger partial charge in [0.1, 0.15) is 0 Å². The highest BCUT2D eigenvalue weighted by atomic mass is 19.2. The average Bonchev–Trinajstić information content (AvgIpc) is 2.78. The molecule has 0 bridgehead atoms. The molecule has 4 rings (SSSR count). The van der Waals surface area contributed by atoms with Gasteiger partial charge in [-0.3, -0.25) is 0 Å². The maximum atomic E-state index is 13.8. The molecule has 0 fully saturated rings. The normalized spacial score (nSPS) is 15.2. The molecular weight excluding hydrogens is 374 g/mol. The predicted molar refractivity (Wildman–Crippen MR) is 119 cm³/mol. The van der Waals surface area contributed by atoms with Crippen molar-refractivity contribution in [3.8, 4) is 11.8 Å². The maximum Gasteiger partial charge on any atom is 0.174 e. The van der Waals surface area contributed by atoms with Gasteiger partial charge in [-0.15, -0.1) is 0 Å². The number of benzene rings is 3. The zero-order valence-electron chi connectivity index (χ0n) is 17.3. The molecule has 0 heterocycles. The molecule has 0 aromatic heterocycles. The lowest BCUT2D eigenvalue weighted by Gasteiger charge is -2.25. The number of fused-ring (bicyclic) bond motifs is 1. The summed E-state index contributed by atoms with van der Waals surface area (Å²) in [6.07, 6.45) is 6.81. The van der Waals surface area contributed by atoms with Gasteiger partial charge in [-0.2, -0.15) is 0 Å². The van der Waals surface area contributed by atoms with E-state index >= 15 is 0 Å². The smallest absolute Gasteiger partial charge is 0.174 e. The fourth-order valence-corrected chi connectivity index (χ4v) is 4.19. The van der Waals surface area contributed by atoms with Crippen LogP contribution >= 0.6 is 0 Å². The highest BCUT2D eigenvalue weighted by Crippen LogP contribution is 2.33. The summed E-state index contributed by atoms with van der Waals surface area (Å²) in [5.41, 5.74) is 6.47. The highest BCUT2D eigenvalue weighted by molar-refractivity contribution is 5.47. The zero-order valence-corrected chi connectivity index (χ0v) is 17.3. The topological polar surface area (TPSA) is 0 Å². The van der Waals surface area contributed by atoms with Gasteiger partial charge in [-0.05, 0) is 84.5 Å². The van der Waals surface area contributed by atoms with Crippen molar-refractivity contribution < 1.29 is 8.78 Å². The fourth-order valence-electron chi connectivity index (χ4n) is 4.19. The number of rotatable bonds is 4. The van der Waals surface area contributed by atoms with Crippen LogP contribution in [0.2, 0.25) is 0 Å². The minimum absolute atomic E-state index is 0.0927. The molecule has 0 amide bonds. The molecule has 0 aliphatic heterocycles. The lowest BCUT2D eigenvalue weighted by Crippen LogP contribution is -2.13.